The van der Waals surface area contributed by atoms with E-state index in [1.165, 1.54) is 23.9 Å². The highest BCUT2D eigenvalue weighted by Gasteiger charge is 2.36. The molecule has 0 spiro atoms. The van der Waals surface area contributed by atoms with Crippen LogP contribution in [0, 0.1) is 0 Å². The number of aromatic nitrogens is 2. The molecule has 92 valence electrons. The number of nitrogens with two attached hydrogens (primary N) is 1. The number of nitrogens with zero attached hydrogens (tertiary/aromatic N) is 2. The normalized spacial score (nSPS) is 27.5. The molecule has 0 aromatic carbocycles. The number of anilines is 1. The van der Waals surface area contributed by atoms with Gasteiger partial charge in [-0.05, 0) is 18.2 Å². The van der Waals surface area contributed by atoms with Crippen LogP contribution in [-0.2, 0) is 9.47 Å². The fraction of sp³-hybridized carbons (Fsp3) is 0.400. The number of nitrogen functional groups attached to an aromatic ring is 1. The molecule has 7 heteroatoms. The van der Waals surface area contributed by atoms with Crippen molar-refractivity contribution in [1.29, 1.82) is 0 Å². The molecule has 0 saturated carbocycles. The highest BCUT2D eigenvalue weighted by Crippen LogP contribution is 2.28. The molecule has 0 radical (unpaired) electrons. The van der Waals surface area contributed by atoms with Crippen molar-refractivity contribution in [1.82, 2.24) is 9.55 Å². The molecule has 1 aliphatic rings. The van der Waals surface area contributed by atoms with Gasteiger partial charge in [0.25, 0.3) is 0 Å². The van der Waals surface area contributed by atoms with Crippen molar-refractivity contribution >= 4 is 5.82 Å². The zero-order valence-corrected chi connectivity index (χ0v) is 9.24. The Morgan fingerprint density at radius 2 is 2.53 bits per heavy atom. The summed E-state index contributed by atoms with van der Waals surface area (Å²) in [6, 6.07) is 1.49. The van der Waals surface area contributed by atoms with Crippen molar-refractivity contribution < 1.29 is 14.6 Å². The molecule has 7 nitrogen and oxygen atoms in total. The summed E-state index contributed by atoms with van der Waals surface area (Å²) >= 11 is 0. The van der Waals surface area contributed by atoms with Crippen LogP contribution >= 0.6 is 0 Å². The molecule has 0 unspecified atom stereocenters. The van der Waals surface area contributed by atoms with Gasteiger partial charge in [-0.1, -0.05) is 0 Å². The predicted molar refractivity (Wildman–Crippen MR) is 59.0 cm³/mol. The molecule has 2 rings (SSSR count). The lowest BCUT2D eigenvalue weighted by Crippen LogP contribution is -2.37. The van der Waals surface area contributed by atoms with E-state index in [0.717, 1.165) is 0 Å². The van der Waals surface area contributed by atoms with E-state index < -0.39 is 17.7 Å². The molecule has 0 saturated heterocycles. The highest BCUT2D eigenvalue weighted by molar-refractivity contribution is 5.24. The average molecular weight is 239 g/mol. The van der Waals surface area contributed by atoms with Crippen LogP contribution in [-0.4, -0.2) is 34.2 Å². The van der Waals surface area contributed by atoms with Gasteiger partial charge in [-0.2, -0.15) is 4.98 Å². The maximum Gasteiger partial charge on any atom is 0.351 e. The van der Waals surface area contributed by atoms with E-state index in [1.54, 1.807) is 12.2 Å². The van der Waals surface area contributed by atoms with Gasteiger partial charge in [0.1, 0.15) is 12.4 Å². The van der Waals surface area contributed by atoms with Crippen LogP contribution in [0.4, 0.5) is 5.82 Å². The SMILES string of the molecule is CO[C@@]1(CO)C=C[C@H](n2ccc(N)nc2=O)O1. The fourth-order valence-electron chi connectivity index (χ4n) is 1.55. The Morgan fingerprint density at radius 1 is 1.76 bits per heavy atom. The summed E-state index contributed by atoms with van der Waals surface area (Å²) in [4.78, 5) is 15.2. The van der Waals surface area contributed by atoms with Crippen LogP contribution in [0.15, 0.2) is 29.2 Å². The summed E-state index contributed by atoms with van der Waals surface area (Å²) < 4.78 is 11.7. The predicted octanol–water partition coefficient (Wildman–Crippen LogP) is -0.755. The highest BCUT2D eigenvalue weighted by atomic mass is 16.7. The van der Waals surface area contributed by atoms with Crippen LogP contribution in [0.3, 0.4) is 0 Å². The minimum absolute atomic E-state index is 0.147. The number of hydrogen-bond donors (Lipinski definition) is 2. The third-order valence-electron chi connectivity index (χ3n) is 2.53. The van der Waals surface area contributed by atoms with E-state index in [-0.39, 0.29) is 12.4 Å². The van der Waals surface area contributed by atoms with Gasteiger partial charge in [0, 0.05) is 13.3 Å². The Bertz CT molecular complexity index is 493. The van der Waals surface area contributed by atoms with Gasteiger partial charge in [0.05, 0.1) is 0 Å². The largest absolute Gasteiger partial charge is 0.390 e. The fourth-order valence-corrected chi connectivity index (χ4v) is 1.55. The first-order valence-electron chi connectivity index (χ1n) is 4.98. The number of rotatable bonds is 3. The summed E-state index contributed by atoms with van der Waals surface area (Å²) in [6.07, 6.45) is 3.98. The molecule has 3 N–H and O–H groups in total. The van der Waals surface area contributed by atoms with Crippen LogP contribution in [0.2, 0.25) is 0 Å². The van der Waals surface area contributed by atoms with Crippen molar-refractivity contribution in [3.05, 3.63) is 34.9 Å². The van der Waals surface area contributed by atoms with Crippen molar-refractivity contribution in [2.45, 2.75) is 12.0 Å². The van der Waals surface area contributed by atoms with E-state index in [2.05, 4.69) is 4.98 Å². The quantitative estimate of drug-likeness (QED) is 0.673. The second kappa shape index (κ2) is 4.28. The standard InChI is InChI=1S/C10H13N3O4/c1-16-10(6-14)4-2-8(17-10)13-5-3-7(11)12-9(13)15/h2-5,8,14H,6H2,1H3,(H2,11,12,15)/t8-,10+/m1/s1. The molecule has 0 aliphatic carbocycles. The first-order chi connectivity index (χ1) is 8.10. The van der Waals surface area contributed by atoms with Crippen LogP contribution in [0.25, 0.3) is 0 Å². The minimum atomic E-state index is -1.20. The van der Waals surface area contributed by atoms with Crippen LogP contribution in [0.1, 0.15) is 6.23 Å². The molecule has 1 aliphatic heterocycles. The molecule has 2 heterocycles. The number of ether oxygens (including phenoxy) is 2. The van der Waals surface area contributed by atoms with Gasteiger partial charge in [-0.3, -0.25) is 4.57 Å². The van der Waals surface area contributed by atoms with Gasteiger partial charge in [0.2, 0.25) is 5.79 Å². The number of aliphatic hydroxyl groups is 1. The Morgan fingerprint density at radius 3 is 3.06 bits per heavy atom. The van der Waals surface area contributed by atoms with E-state index in [0.29, 0.717) is 0 Å². The molecule has 0 bridgehead atoms. The van der Waals surface area contributed by atoms with E-state index in [9.17, 15) is 9.90 Å². The molecule has 1 aromatic heterocycles. The molecule has 0 fully saturated rings. The van der Waals surface area contributed by atoms with Crippen LogP contribution in [0.5, 0.6) is 0 Å². The molecule has 0 amide bonds. The topological polar surface area (TPSA) is 99.6 Å². The van der Waals surface area contributed by atoms with E-state index in [1.807, 2.05) is 0 Å². The zero-order valence-electron chi connectivity index (χ0n) is 9.24. The van der Waals surface area contributed by atoms with Crippen LogP contribution < -0.4 is 11.4 Å². The summed E-state index contributed by atoms with van der Waals surface area (Å²) in [7, 11) is 1.41. The maximum absolute atomic E-state index is 11.6. The van der Waals surface area contributed by atoms with Gasteiger partial charge in [-0.15, -0.1) is 0 Å². The monoisotopic (exact) mass is 239 g/mol. The van der Waals surface area contributed by atoms with E-state index >= 15 is 0 Å². The Hall–Kier alpha value is -1.70. The van der Waals surface area contributed by atoms with Crippen molar-refractivity contribution in [3.8, 4) is 0 Å². The second-order valence-corrected chi connectivity index (χ2v) is 3.58. The Labute approximate surface area is 97.1 Å². The van der Waals surface area contributed by atoms with Gasteiger partial charge in [-0.25, -0.2) is 4.79 Å². The smallest absolute Gasteiger partial charge is 0.351 e. The second-order valence-electron chi connectivity index (χ2n) is 3.58. The summed E-state index contributed by atoms with van der Waals surface area (Å²) in [6.45, 7) is -0.340. The Balaban J connectivity index is 2.27. The van der Waals surface area contributed by atoms with Gasteiger partial charge >= 0.3 is 5.69 Å². The van der Waals surface area contributed by atoms with Gasteiger partial charge < -0.3 is 20.3 Å². The van der Waals surface area contributed by atoms with E-state index in [4.69, 9.17) is 15.2 Å². The molecule has 1 aromatic rings. The summed E-state index contributed by atoms with van der Waals surface area (Å²) in [5, 5.41) is 9.17. The summed E-state index contributed by atoms with van der Waals surface area (Å²) in [5.41, 5.74) is 4.86. The Kier molecular flexibility index (Phi) is 2.97. The van der Waals surface area contributed by atoms with Crippen molar-refractivity contribution in [3.63, 3.8) is 0 Å². The molecule has 17 heavy (non-hydrogen) atoms. The lowest BCUT2D eigenvalue weighted by atomic mass is 10.3. The first-order valence-corrected chi connectivity index (χ1v) is 4.98. The average Bonchev–Trinajstić information content (AvgIpc) is 2.74. The number of methoxy groups -OCH3 is 1. The summed E-state index contributed by atoms with van der Waals surface area (Å²) in [5.74, 6) is -1.06. The lowest BCUT2D eigenvalue weighted by Gasteiger charge is -2.25. The molecular weight excluding hydrogens is 226 g/mol. The minimum Gasteiger partial charge on any atom is -0.390 e. The zero-order chi connectivity index (χ0) is 12.5. The number of aliphatic hydroxyl groups excluding tert-OH is 1. The van der Waals surface area contributed by atoms with Crippen molar-refractivity contribution in [2.75, 3.05) is 19.5 Å². The number of hydrogen-bond acceptors (Lipinski definition) is 6. The third-order valence-corrected chi connectivity index (χ3v) is 2.53. The maximum atomic E-state index is 11.6. The molecular formula is C10H13N3O4. The third kappa shape index (κ3) is 2.07. The van der Waals surface area contributed by atoms with Gasteiger partial charge in [0.15, 0.2) is 6.23 Å². The first kappa shape index (κ1) is 11.8. The van der Waals surface area contributed by atoms with Crippen molar-refractivity contribution in [2.24, 2.45) is 0 Å². The molecule has 2 atom stereocenters. The lowest BCUT2D eigenvalue weighted by molar-refractivity contribution is -0.225.